The molecule has 2 heterocycles. The topological polar surface area (TPSA) is 53.3 Å². The molecule has 43 heavy (non-hydrogen) atoms. The fraction of sp³-hybridized carbons (Fsp3) is 0.158. The molecule has 0 saturated heterocycles. The number of rotatable bonds is 4. The number of aryl methyl sites for hydroxylation is 3. The van der Waals surface area contributed by atoms with Crippen molar-refractivity contribution in [2.24, 2.45) is 0 Å². The summed E-state index contributed by atoms with van der Waals surface area (Å²) in [5.74, 6) is -0.604. The van der Waals surface area contributed by atoms with Crippen LogP contribution in [0.4, 0.5) is 16.4 Å². The lowest BCUT2D eigenvalue weighted by atomic mass is 9.66. The Labute approximate surface area is 256 Å². The highest BCUT2D eigenvalue weighted by atomic mass is 32.1. The number of benzene rings is 4. The van der Waals surface area contributed by atoms with E-state index < -0.39 is 11.4 Å². The molecule has 0 bridgehead atoms. The molecule has 210 valence electrons. The van der Waals surface area contributed by atoms with Crippen molar-refractivity contribution in [3.63, 3.8) is 0 Å². The van der Waals surface area contributed by atoms with Crippen molar-refractivity contribution in [2.45, 2.75) is 33.1 Å². The first-order valence-electron chi connectivity index (χ1n) is 14.5. The number of ether oxygens (including phenoxy) is 1. The molecule has 4 nitrogen and oxygen atoms in total. The van der Waals surface area contributed by atoms with E-state index in [0.717, 1.165) is 26.8 Å². The van der Waals surface area contributed by atoms with E-state index in [2.05, 4.69) is 123 Å². The zero-order valence-electron chi connectivity index (χ0n) is 24.6. The summed E-state index contributed by atoms with van der Waals surface area (Å²) >= 11 is 1.60. The van der Waals surface area contributed by atoms with Crippen LogP contribution < -0.4 is 4.90 Å². The van der Waals surface area contributed by atoms with Gasteiger partial charge in [-0.25, -0.2) is 4.79 Å². The molecule has 1 spiro atoms. The van der Waals surface area contributed by atoms with Gasteiger partial charge in [-0.15, -0.1) is 11.3 Å². The van der Waals surface area contributed by atoms with Crippen molar-refractivity contribution in [3.05, 3.63) is 140 Å². The lowest BCUT2D eigenvalue weighted by Crippen LogP contribution is -2.35. The van der Waals surface area contributed by atoms with Gasteiger partial charge in [0.2, 0.25) is 0 Å². The maximum atomic E-state index is 12.7. The van der Waals surface area contributed by atoms with Gasteiger partial charge in [0.25, 0.3) is 0 Å². The SMILES string of the molecule is CCOC(=O)/C(C#N)=C/c1cc2c(s1)N(c1c(C)cc(C)cc1C)c1ccccc1C21c2ccccc2-c2ccccc21. The minimum atomic E-state index is -0.604. The number of carbonyl (C=O) groups is 1. The van der Waals surface area contributed by atoms with Crippen LogP contribution in [0, 0.1) is 32.1 Å². The minimum Gasteiger partial charge on any atom is -0.462 e. The molecule has 0 N–H and O–H groups in total. The van der Waals surface area contributed by atoms with Crippen LogP contribution in [0.2, 0.25) is 0 Å². The van der Waals surface area contributed by atoms with Crippen molar-refractivity contribution in [3.8, 4) is 17.2 Å². The second-order valence-corrected chi connectivity index (χ2v) is 12.3. The van der Waals surface area contributed by atoms with Crippen LogP contribution in [-0.2, 0) is 14.9 Å². The van der Waals surface area contributed by atoms with E-state index >= 15 is 0 Å². The monoisotopic (exact) mass is 578 g/mol. The first kappa shape index (κ1) is 26.9. The van der Waals surface area contributed by atoms with Crippen LogP contribution >= 0.6 is 11.3 Å². The second-order valence-electron chi connectivity index (χ2n) is 11.2. The van der Waals surface area contributed by atoms with E-state index in [1.54, 1.807) is 24.3 Å². The molecule has 0 amide bonds. The molecule has 5 aromatic rings. The number of fused-ring (bicyclic) bond motifs is 9. The average Bonchev–Trinajstić information content (AvgIpc) is 3.55. The van der Waals surface area contributed by atoms with E-state index in [0.29, 0.717) is 0 Å². The fourth-order valence-corrected chi connectivity index (χ4v) is 8.38. The largest absolute Gasteiger partial charge is 0.462 e. The molecular formula is C38H30N2O2S. The third-order valence-corrected chi connectivity index (χ3v) is 9.67. The number of hydrogen-bond acceptors (Lipinski definition) is 5. The van der Waals surface area contributed by atoms with E-state index in [4.69, 9.17) is 4.74 Å². The molecule has 0 unspecified atom stereocenters. The van der Waals surface area contributed by atoms with Crippen molar-refractivity contribution < 1.29 is 9.53 Å². The molecule has 2 aliphatic rings. The Bertz CT molecular complexity index is 1960. The normalized spacial score (nSPS) is 14.0. The standard InChI is InChI=1S/C38H30N2O2S/c1-5-42-37(41)26(22-39)20-27-21-33-36(43-27)40(35-24(3)18-23(2)19-25(35)4)34-17-11-10-16-32(34)38(33)30-14-8-6-12-28(30)29-13-7-9-15-31(29)38/h6-21H,5H2,1-4H3/b26-20+. The maximum Gasteiger partial charge on any atom is 0.348 e. The third kappa shape index (κ3) is 3.84. The number of esters is 1. The van der Waals surface area contributed by atoms with Gasteiger partial charge in [0.15, 0.2) is 0 Å². The summed E-state index contributed by atoms with van der Waals surface area (Å²) in [5, 5.41) is 11.0. The molecule has 1 aliphatic heterocycles. The van der Waals surface area contributed by atoms with Crippen LogP contribution in [0.1, 0.15) is 50.7 Å². The molecule has 0 fully saturated rings. The molecule has 0 atom stereocenters. The van der Waals surface area contributed by atoms with Gasteiger partial charge in [-0.2, -0.15) is 5.26 Å². The van der Waals surface area contributed by atoms with Crippen LogP contribution in [0.15, 0.2) is 96.6 Å². The highest BCUT2D eigenvalue weighted by Crippen LogP contribution is 2.65. The molecular weight excluding hydrogens is 548 g/mol. The Hall–Kier alpha value is -4.92. The Kier molecular flexibility index (Phi) is 6.34. The van der Waals surface area contributed by atoms with Crippen molar-refractivity contribution in [1.82, 2.24) is 0 Å². The van der Waals surface area contributed by atoms with Gasteiger partial charge in [0.05, 0.1) is 23.4 Å². The Morgan fingerprint density at radius 2 is 1.44 bits per heavy atom. The number of carbonyl (C=O) groups excluding carboxylic acids is 1. The summed E-state index contributed by atoms with van der Waals surface area (Å²) in [6.07, 6.45) is 1.68. The van der Waals surface area contributed by atoms with Crippen LogP contribution in [0.3, 0.4) is 0 Å². The van der Waals surface area contributed by atoms with Gasteiger partial charge < -0.3 is 9.64 Å². The summed E-state index contributed by atoms with van der Waals surface area (Å²) in [6, 6.07) is 34.8. The van der Waals surface area contributed by atoms with E-state index in [-0.39, 0.29) is 12.2 Å². The quantitative estimate of drug-likeness (QED) is 0.119. The number of thiophene rings is 1. The number of para-hydroxylation sites is 1. The number of nitrogens with zero attached hydrogens (tertiary/aromatic N) is 2. The molecule has 5 heteroatoms. The first-order valence-corrected chi connectivity index (χ1v) is 15.3. The lowest BCUT2D eigenvalue weighted by Gasteiger charge is -2.44. The van der Waals surface area contributed by atoms with Crippen LogP contribution in [-0.4, -0.2) is 12.6 Å². The molecule has 1 aromatic heterocycles. The number of hydrogen-bond donors (Lipinski definition) is 0. The summed E-state index contributed by atoms with van der Waals surface area (Å²) in [6.45, 7) is 8.44. The lowest BCUT2D eigenvalue weighted by molar-refractivity contribution is -0.137. The third-order valence-electron chi connectivity index (χ3n) is 8.60. The smallest absolute Gasteiger partial charge is 0.348 e. The summed E-state index contributed by atoms with van der Waals surface area (Å²) in [5.41, 5.74) is 12.6. The van der Waals surface area contributed by atoms with E-state index in [9.17, 15) is 10.1 Å². The van der Waals surface area contributed by atoms with Crippen molar-refractivity contribution >= 4 is 39.8 Å². The maximum absolute atomic E-state index is 12.7. The highest BCUT2D eigenvalue weighted by molar-refractivity contribution is 7.17. The predicted molar refractivity (Wildman–Crippen MR) is 174 cm³/mol. The molecule has 0 radical (unpaired) electrons. The van der Waals surface area contributed by atoms with Gasteiger partial charge in [0.1, 0.15) is 16.6 Å². The van der Waals surface area contributed by atoms with Crippen LogP contribution in [0.5, 0.6) is 0 Å². The van der Waals surface area contributed by atoms with Crippen molar-refractivity contribution in [1.29, 1.82) is 5.26 Å². The highest BCUT2D eigenvalue weighted by Gasteiger charge is 2.52. The first-order chi connectivity index (χ1) is 20.9. The molecule has 1 aliphatic carbocycles. The van der Waals surface area contributed by atoms with Gasteiger partial charge in [-0.05, 0) is 84.8 Å². The van der Waals surface area contributed by atoms with Crippen LogP contribution in [0.25, 0.3) is 17.2 Å². The number of anilines is 3. The minimum absolute atomic E-state index is 0.00604. The Balaban J connectivity index is 1.61. The van der Waals surface area contributed by atoms with Gasteiger partial charge in [-0.3, -0.25) is 0 Å². The van der Waals surface area contributed by atoms with Gasteiger partial charge in [0, 0.05) is 10.4 Å². The van der Waals surface area contributed by atoms with Gasteiger partial charge in [-0.1, -0.05) is 84.4 Å². The van der Waals surface area contributed by atoms with E-state index in [1.807, 2.05) is 0 Å². The second kappa shape index (κ2) is 10.1. The Morgan fingerprint density at radius 3 is 2.05 bits per heavy atom. The zero-order chi connectivity index (χ0) is 29.9. The summed E-state index contributed by atoms with van der Waals surface area (Å²) in [7, 11) is 0. The zero-order valence-corrected chi connectivity index (χ0v) is 25.4. The molecule has 0 saturated carbocycles. The average molecular weight is 579 g/mol. The van der Waals surface area contributed by atoms with Crippen molar-refractivity contribution in [2.75, 3.05) is 11.5 Å². The predicted octanol–water partition coefficient (Wildman–Crippen LogP) is 9.29. The van der Waals surface area contributed by atoms with E-state index in [1.165, 1.54) is 44.5 Å². The van der Waals surface area contributed by atoms with Gasteiger partial charge >= 0.3 is 5.97 Å². The molecule has 7 rings (SSSR count). The fourth-order valence-electron chi connectivity index (χ4n) is 7.20. The molecule has 4 aromatic carbocycles. The Morgan fingerprint density at radius 1 is 0.860 bits per heavy atom. The number of nitriles is 1. The summed E-state index contributed by atoms with van der Waals surface area (Å²) in [4.78, 5) is 15.9. The summed E-state index contributed by atoms with van der Waals surface area (Å²) < 4.78 is 5.20.